The zero-order chi connectivity index (χ0) is 17.4. The lowest BCUT2D eigenvalue weighted by atomic mass is 9.97. The topological polar surface area (TPSA) is 75.9 Å². The van der Waals surface area contributed by atoms with E-state index in [2.05, 4.69) is 17.0 Å². The maximum absolute atomic E-state index is 12.5. The van der Waals surface area contributed by atoms with Crippen molar-refractivity contribution in [3.8, 4) is 0 Å². The van der Waals surface area contributed by atoms with Crippen LogP contribution in [0.1, 0.15) is 18.4 Å². The van der Waals surface area contributed by atoms with Crippen LogP contribution in [0.3, 0.4) is 0 Å². The van der Waals surface area contributed by atoms with Gasteiger partial charge in [0, 0.05) is 32.7 Å². The minimum Gasteiger partial charge on any atom is -0.469 e. The van der Waals surface area contributed by atoms with Crippen molar-refractivity contribution in [2.24, 2.45) is 11.7 Å². The van der Waals surface area contributed by atoms with Crippen LogP contribution in [0, 0.1) is 5.92 Å². The fourth-order valence-electron chi connectivity index (χ4n) is 3.06. The van der Waals surface area contributed by atoms with Crippen LogP contribution in [-0.2, 0) is 20.9 Å². The average molecular weight is 370 g/mol. The molecule has 25 heavy (non-hydrogen) atoms. The summed E-state index contributed by atoms with van der Waals surface area (Å²) in [6.45, 7) is 3.49. The summed E-state index contributed by atoms with van der Waals surface area (Å²) in [6.07, 6.45) is 1.35. The van der Waals surface area contributed by atoms with Gasteiger partial charge in [-0.2, -0.15) is 0 Å². The summed E-state index contributed by atoms with van der Waals surface area (Å²) in [4.78, 5) is 28.0. The fraction of sp³-hybridized carbons (Fsp3) is 0.556. The maximum atomic E-state index is 12.5. The minimum atomic E-state index is -0.170. The highest BCUT2D eigenvalue weighted by Gasteiger charge is 2.28. The van der Waals surface area contributed by atoms with Gasteiger partial charge in [0.2, 0.25) is 5.91 Å². The number of nitrogens with zero attached hydrogens (tertiary/aromatic N) is 2. The molecule has 7 heteroatoms. The molecule has 1 aliphatic rings. The fourth-order valence-corrected chi connectivity index (χ4v) is 3.06. The first kappa shape index (κ1) is 21.4. The molecule has 1 aromatic rings. The van der Waals surface area contributed by atoms with Crippen LogP contribution in [0.5, 0.6) is 0 Å². The van der Waals surface area contributed by atoms with Crippen molar-refractivity contribution in [2.75, 3.05) is 39.8 Å². The molecular weight excluding hydrogens is 342 g/mol. The number of carbonyl (C=O) groups is 2. The van der Waals surface area contributed by atoms with Crippen LogP contribution in [-0.4, -0.2) is 61.5 Å². The largest absolute Gasteiger partial charge is 0.469 e. The van der Waals surface area contributed by atoms with E-state index in [1.807, 2.05) is 23.1 Å². The molecule has 6 nitrogen and oxygen atoms in total. The Labute approximate surface area is 155 Å². The van der Waals surface area contributed by atoms with Gasteiger partial charge in [-0.3, -0.25) is 14.5 Å². The molecule has 0 atom stereocenters. The third-order valence-electron chi connectivity index (χ3n) is 4.44. The molecule has 1 heterocycles. The summed E-state index contributed by atoms with van der Waals surface area (Å²) in [6, 6.07) is 10.1. The van der Waals surface area contributed by atoms with E-state index in [0.717, 1.165) is 0 Å². The van der Waals surface area contributed by atoms with Gasteiger partial charge in [0.25, 0.3) is 0 Å². The molecule has 1 aromatic carbocycles. The van der Waals surface area contributed by atoms with Crippen molar-refractivity contribution in [3.05, 3.63) is 35.9 Å². The van der Waals surface area contributed by atoms with E-state index < -0.39 is 0 Å². The number of halogens is 1. The van der Waals surface area contributed by atoms with Gasteiger partial charge in [-0.25, -0.2) is 0 Å². The van der Waals surface area contributed by atoms with Crippen molar-refractivity contribution in [2.45, 2.75) is 19.4 Å². The van der Waals surface area contributed by atoms with Gasteiger partial charge in [-0.15, -0.1) is 12.4 Å². The zero-order valence-electron chi connectivity index (χ0n) is 14.7. The average Bonchev–Trinajstić information content (AvgIpc) is 2.62. The van der Waals surface area contributed by atoms with E-state index in [1.165, 1.54) is 12.7 Å². The standard InChI is InChI=1S/C18H27N3O3.ClH/c1-24-18(23)16-7-10-21(11-8-16)17(22)14-20(12-9-19)13-15-5-3-2-4-6-15;/h2-6,16H,7-14,19H2,1H3;1H. The molecule has 1 fully saturated rings. The van der Waals surface area contributed by atoms with E-state index in [9.17, 15) is 9.59 Å². The third-order valence-corrected chi connectivity index (χ3v) is 4.44. The minimum absolute atomic E-state index is 0. The molecule has 0 aliphatic carbocycles. The van der Waals surface area contributed by atoms with Crippen molar-refractivity contribution in [1.29, 1.82) is 0 Å². The highest BCUT2D eigenvalue weighted by molar-refractivity contribution is 5.85. The Hall–Kier alpha value is -1.63. The molecule has 0 saturated carbocycles. The number of ether oxygens (including phenoxy) is 1. The lowest BCUT2D eigenvalue weighted by Gasteiger charge is -2.32. The first-order valence-corrected chi connectivity index (χ1v) is 8.46. The van der Waals surface area contributed by atoms with Crippen molar-refractivity contribution in [3.63, 3.8) is 0 Å². The Morgan fingerprint density at radius 3 is 2.44 bits per heavy atom. The number of nitrogens with two attached hydrogens (primary N) is 1. The number of esters is 1. The second-order valence-corrected chi connectivity index (χ2v) is 6.16. The molecule has 2 N–H and O–H groups in total. The third kappa shape index (κ3) is 6.65. The molecule has 2 rings (SSSR count). The van der Waals surface area contributed by atoms with Gasteiger partial charge in [-0.05, 0) is 18.4 Å². The number of likely N-dealkylation sites (tertiary alicyclic amines) is 1. The summed E-state index contributed by atoms with van der Waals surface area (Å²) in [5.74, 6) is -0.151. The Bertz CT molecular complexity index is 534. The quantitative estimate of drug-likeness (QED) is 0.733. The molecular formula is C18H28ClN3O3. The lowest BCUT2D eigenvalue weighted by Crippen LogP contribution is -2.45. The van der Waals surface area contributed by atoms with E-state index >= 15 is 0 Å². The number of rotatable bonds is 7. The molecule has 1 aliphatic heterocycles. The number of piperidine rings is 1. The van der Waals surface area contributed by atoms with Gasteiger partial charge >= 0.3 is 5.97 Å². The van der Waals surface area contributed by atoms with E-state index in [-0.39, 0.29) is 30.2 Å². The number of benzene rings is 1. The van der Waals surface area contributed by atoms with E-state index in [4.69, 9.17) is 10.5 Å². The predicted molar refractivity (Wildman–Crippen MR) is 99.3 cm³/mol. The Morgan fingerprint density at radius 2 is 1.88 bits per heavy atom. The molecule has 0 aromatic heterocycles. The van der Waals surface area contributed by atoms with Gasteiger partial charge in [-0.1, -0.05) is 30.3 Å². The zero-order valence-corrected chi connectivity index (χ0v) is 15.5. The van der Waals surface area contributed by atoms with Gasteiger partial charge in [0.05, 0.1) is 19.6 Å². The summed E-state index contributed by atoms with van der Waals surface area (Å²) >= 11 is 0. The monoisotopic (exact) mass is 369 g/mol. The SMILES string of the molecule is COC(=O)C1CCN(C(=O)CN(CCN)Cc2ccccc2)CC1.Cl. The first-order chi connectivity index (χ1) is 11.6. The highest BCUT2D eigenvalue weighted by Crippen LogP contribution is 2.18. The summed E-state index contributed by atoms with van der Waals surface area (Å²) in [5, 5.41) is 0. The van der Waals surface area contributed by atoms with Crippen LogP contribution in [0.4, 0.5) is 0 Å². The molecule has 1 saturated heterocycles. The van der Waals surface area contributed by atoms with Crippen LogP contribution in [0.2, 0.25) is 0 Å². The normalized spacial score (nSPS) is 14.9. The molecule has 0 bridgehead atoms. The number of hydrogen-bond acceptors (Lipinski definition) is 5. The number of carbonyl (C=O) groups excluding carboxylic acids is 2. The van der Waals surface area contributed by atoms with Crippen LogP contribution in [0.15, 0.2) is 30.3 Å². The summed E-state index contributed by atoms with van der Waals surface area (Å²) in [5.41, 5.74) is 6.86. The second kappa shape index (κ2) is 11.1. The van der Waals surface area contributed by atoms with E-state index in [1.54, 1.807) is 0 Å². The van der Waals surface area contributed by atoms with Crippen molar-refractivity contribution < 1.29 is 14.3 Å². The van der Waals surface area contributed by atoms with Crippen LogP contribution in [0.25, 0.3) is 0 Å². The lowest BCUT2D eigenvalue weighted by molar-refractivity contribution is -0.149. The number of methoxy groups -OCH3 is 1. The molecule has 0 radical (unpaired) electrons. The molecule has 1 amide bonds. The second-order valence-electron chi connectivity index (χ2n) is 6.16. The summed E-state index contributed by atoms with van der Waals surface area (Å²) < 4.78 is 4.78. The first-order valence-electron chi connectivity index (χ1n) is 8.46. The molecule has 140 valence electrons. The van der Waals surface area contributed by atoms with Crippen LogP contribution < -0.4 is 5.73 Å². The summed E-state index contributed by atoms with van der Waals surface area (Å²) in [7, 11) is 1.41. The van der Waals surface area contributed by atoms with Crippen molar-refractivity contribution in [1.82, 2.24) is 9.80 Å². The number of hydrogen-bond donors (Lipinski definition) is 1. The Kier molecular flexibility index (Phi) is 9.49. The van der Waals surface area contributed by atoms with Crippen LogP contribution >= 0.6 is 12.4 Å². The Balaban J connectivity index is 0.00000312. The molecule has 0 spiro atoms. The smallest absolute Gasteiger partial charge is 0.308 e. The van der Waals surface area contributed by atoms with Gasteiger partial charge in [0.1, 0.15) is 0 Å². The maximum Gasteiger partial charge on any atom is 0.308 e. The van der Waals surface area contributed by atoms with E-state index in [0.29, 0.717) is 52.1 Å². The van der Waals surface area contributed by atoms with Gasteiger partial charge < -0.3 is 15.4 Å². The molecule has 0 unspecified atom stereocenters. The van der Waals surface area contributed by atoms with Gasteiger partial charge in [0.15, 0.2) is 0 Å². The predicted octanol–water partition coefficient (Wildman–Crippen LogP) is 1.28. The van der Waals surface area contributed by atoms with Crippen molar-refractivity contribution >= 4 is 24.3 Å². The highest BCUT2D eigenvalue weighted by atomic mass is 35.5. The Morgan fingerprint density at radius 1 is 1.24 bits per heavy atom. The number of amides is 1.